The van der Waals surface area contributed by atoms with Gasteiger partial charge < -0.3 is 25.0 Å². The summed E-state index contributed by atoms with van der Waals surface area (Å²) in [5.41, 5.74) is 1.91. The van der Waals surface area contributed by atoms with E-state index in [4.69, 9.17) is 4.74 Å². The zero-order chi connectivity index (χ0) is 16.7. The lowest BCUT2D eigenvalue weighted by atomic mass is 10.2. The lowest BCUT2D eigenvalue weighted by Crippen LogP contribution is -2.36. The summed E-state index contributed by atoms with van der Waals surface area (Å²) in [5.74, 6) is 1.65. The van der Waals surface area contributed by atoms with Crippen LogP contribution >= 0.6 is 24.0 Å². The Morgan fingerprint density at radius 2 is 2.08 bits per heavy atom. The Kier molecular flexibility index (Phi) is 8.45. The Balaban J connectivity index is 0.00000288. The monoisotopic (exact) mass is 444 g/mol. The predicted molar refractivity (Wildman–Crippen MR) is 107 cm³/mol. The summed E-state index contributed by atoms with van der Waals surface area (Å²) in [5, 5.41) is 16.3. The molecule has 1 aromatic carbocycles. The van der Waals surface area contributed by atoms with Crippen LogP contribution in [-0.4, -0.2) is 29.3 Å². The fourth-order valence-electron chi connectivity index (χ4n) is 2.18. The van der Waals surface area contributed by atoms with E-state index in [1.807, 2.05) is 43.1 Å². The highest BCUT2D eigenvalue weighted by molar-refractivity contribution is 14.0. The number of aliphatic imine (C=N–C) groups is 1. The van der Waals surface area contributed by atoms with Crippen molar-refractivity contribution in [1.82, 2.24) is 15.2 Å². The number of nitrogens with one attached hydrogen (secondary N) is 2. The standard InChI is InChI=1S/C17H24N4O2.HI/c1-4-18-17(19-10-13-7-8-21(2)12-13)20-11-14-9-15(23-3)5-6-16(14)22;/h5-9,12,22H,4,10-11H2,1-3H3,(H2,18,19,20);1H. The second kappa shape index (κ2) is 10.1. The van der Waals surface area contributed by atoms with Crippen molar-refractivity contribution in [2.45, 2.75) is 20.0 Å². The average molecular weight is 444 g/mol. The smallest absolute Gasteiger partial charge is 0.191 e. The molecule has 0 fully saturated rings. The van der Waals surface area contributed by atoms with Crippen LogP contribution in [0, 0.1) is 0 Å². The zero-order valence-electron chi connectivity index (χ0n) is 14.2. The van der Waals surface area contributed by atoms with Crippen molar-refractivity contribution in [2.24, 2.45) is 12.0 Å². The minimum absolute atomic E-state index is 0. The van der Waals surface area contributed by atoms with E-state index in [-0.39, 0.29) is 29.7 Å². The topological polar surface area (TPSA) is 70.8 Å². The first-order valence-electron chi connectivity index (χ1n) is 7.61. The number of rotatable bonds is 6. The molecule has 24 heavy (non-hydrogen) atoms. The Labute approximate surface area is 160 Å². The molecule has 0 radical (unpaired) electrons. The number of aromatic hydroxyl groups is 1. The predicted octanol–water partition coefficient (Wildman–Crippen LogP) is 2.61. The Morgan fingerprint density at radius 3 is 2.71 bits per heavy atom. The number of guanidine groups is 1. The first-order valence-corrected chi connectivity index (χ1v) is 7.61. The van der Waals surface area contributed by atoms with Crippen LogP contribution in [0.5, 0.6) is 11.5 Å². The van der Waals surface area contributed by atoms with Crippen LogP contribution in [0.4, 0.5) is 0 Å². The quantitative estimate of drug-likeness (QED) is 0.364. The number of phenolic OH excluding ortho intramolecular Hbond substituents is 1. The fraction of sp³-hybridized carbons (Fsp3) is 0.353. The minimum atomic E-state index is 0. The van der Waals surface area contributed by atoms with Crippen LogP contribution in [0.3, 0.4) is 0 Å². The van der Waals surface area contributed by atoms with E-state index < -0.39 is 0 Å². The van der Waals surface area contributed by atoms with Gasteiger partial charge in [-0.3, -0.25) is 0 Å². The number of methoxy groups -OCH3 is 1. The lowest BCUT2D eigenvalue weighted by molar-refractivity contribution is 0.410. The molecule has 7 heteroatoms. The normalized spacial score (nSPS) is 10.9. The summed E-state index contributed by atoms with van der Waals surface area (Å²) in [7, 11) is 3.59. The molecule has 0 aliphatic carbocycles. The number of nitrogens with zero attached hydrogens (tertiary/aromatic N) is 2. The van der Waals surface area contributed by atoms with Crippen molar-refractivity contribution in [1.29, 1.82) is 0 Å². The molecule has 1 aromatic heterocycles. The third kappa shape index (κ3) is 5.95. The summed E-state index contributed by atoms with van der Waals surface area (Å²) < 4.78 is 7.18. The van der Waals surface area contributed by atoms with E-state index in [0.29, 0.717) is 24.8 Å². The minimum Gasteiger partial charge on any atom is -0.508 e. The summed E-state index contributed by atoms with van der Waals surface area (Å²) in [4.78, 5) is 4.55. The number of ether oxygens (including phenoxy) is 1. The van der Waals surface area contributed by atoms with Gasteiger partial charge in [-0.25, -0.2) is 4.99 Å². The van der Waals surface area contributed by atoms with E-state index in [9.17, 15) is 5.11 Å². The molecular weight excluding hydrogens is 419 g/mol. The van der Waals surface area contributed by atoms with E-state index in [0.717, 1.165) is 17.7 Å². The van der Waals surface area contributed by atoms with Gasteiger partial charge in [0, 0.05) is 38.1 Å². The summed E-state index contributed by atoms with van der Waals surface area (Å²) in [6.45, 7) is 3.84. The first-order chi connectivity index (χ1) is 11.1. The maximum Gasteiger partial charge on any atom is 0.191 e. The van der Waals surface area contributed by atoms with Gasteiger partial charge in [0.15, 0.2) is 5.96 Å². The Hall–Kier alpha value is -1.90. The average Bonchev–Trinajstić information content (AvgIpc) is 2.97. The number of phenols is 1. The molecule has 3 N–H and O–H groups in total. The highest BCUT2D eigenvalue weighted by Crippen LogP contribution is 2.22. The van der Waals surface area contributed by atoms with Crippen molar-refractivity contribution in [2.75, 3.05) is 13.7 Å². The Bertz CT molecular complexity index is 670. The molecule has 1 heterocycles. The SMILES string of the molecule is CCNC(=NCc1ccn(C)c1)NCc1cc(OC)ccc1O.I. The molecule has 2 rings (SSSR count). The van der Waals surface area contributed by atoms with Crippen molar-refractivity contribution in [3.05, 3.63) is 47.8 Å². The van der Waals surface area contributed by atoms with Gasteiger partial charge in [0.2, 0.25) is 0 Å². The number of benzene rings is 1. The van der Waals surface area contributed by atoms with Crippen LogP contribution in [0.25, 0.3) is 0 Å². The number of halogens is 1. The van der Waals surface area contributed by atoms with Gasteiger partial charge in [-0.05, 0) is 36.8 Å². The van der Waals surface area contributed by atoms with Gasteiger partial charge >= 0.3 is 0 Å². The highest BCUT2D eigenvalue weighted by atomic mass is 127. The van der Waals surface area contributed by atoms with Gasteiger partial charge in [-0.1, -0.05) is 0 Å². The molecule has 0 aliphatic rings. The molecular formula is C17H25IN4O2. The molecule has 0 amide bonds. The van der Waals surface area contributed by atoms with Gasteiger partial charge in [0.05, 0.1) is 13.7 Å². The third-order valence-electron chi connectivity index (χ3n) is 3.39. The molecule has 132 valence electrons. The largest absolute Gasteiger partial charge is 0.508 e. The van der Waals surface area contributed by atoms with Crippen LogP contribution < -0.4 is 15.4 Å². The maximum absolute atomic E-state index is 9.93. The maximum atomic E-state index is 9.93. The molecule has 0 unspecified atom stereocenters. The van der Waals surface area contributed by atoms with Crippen molar-refractivity contribution >= 4 is 29.9 Å². The van der Waals surface area contributed by atoms with Crippen molar-refractivity contribution < 1.29 is 9.84 Å². The number of aryl methyl sites for hydroxylation is 1. The summed E-state index contributed by atoms with van der Waals surface area (Å²) in [6.07, 6.45) is 4.04. The fourth-order valence-corrected chi connectivity index (χ4v) is 2.18. The van der Waals surface area contributed by atoms with Crippen LogP contribution in [-0.2, 0) is 20.1 Å². The lowest BCUT2D eigenvalue weighted by Gasteiger charge is -2.12. The summed E-state index contributed by atoms with van der Waals surface area (Å²) in [6, 6.07) is 7.21. The number of hydrogen-bond acceptors (Lipinski definition) is 3. The Morgan fingerprint density at radius 1 is 1.29 bits per heavy atom. The van der Waals surface area contributed by atoms with E-state index in [1.54, 1.807) is 19.2 Å². The molecule has 2 aromatic rings. The van der Waals surface area contributed by atoms with E-state index >= 15 is 0 Å². The number of hydrogen-bond donors (Lipinski definition) is 3. The van der Waals surface area contributed by atoms with Gasteiger partial charge in [-0.15, -0.1) is 24.0 Å². The van der Waals surface area contributed by atoms with Gasteiger partial charge in [-0.2, -0.15) is 0 Å². The molecule has 0 bridgehead atoms. The molecule has 0 atom stereocenters. The second-order valence-electron chi connectivity index (χ2n) is 5.23. The summed E-state index contributed by atoms with van der Waals surface area (Å²) >= 11 is 0. The van der Waals surface area contributed by atoms with Gasteiger partial charge in [0.1, 0.15) is 11.5 Å². The van der Waals surface area contributed by atoms with Gasteiger partial charge in [0.25, 0.3) is 0 Å². The van der Waals surface area contributed by atoms with Crippen LogP contribution in [0.15, 0.2) is 41.7 Å². The zero-order valence-corrected chi connectivity index (χ0v) is 16.6. The molecule has 0 spiro atoms. The van der Waals surface area contributed by atoms with Crippen molar-refractivity contribution in [3.63, 3.8) is 0 Å². The molecule has 0 saturated carbocycles. The first kappa shape index (κ1) is 20.1. The van der Waals surface area contributed by atoms with Crippen LogP contribution in [0.2, 0.25) is 0 Å². The van der Waals surface area contributed by atoms with E-state index in [2.05, 4.69) is 15.6 Å². The number of aromatic nitrogens is 1. The second-order valence-corrected chi connectivity index (χ2v) is 5.23. The van der Waals surface area contributed by atoms with Crippen molar-refractivity contribution in [3.8, 4) is 11.5 Å². The molecule has 0 saturated heterocycles. The molecule has 6 nitrogen and oxygen atoms in total. The van der Waals surface area contributed by atoms with E-state index in [1.165, 1.54) is 0 Å². The highest BCUT2D eigenvalue weighted by Gasteiger charge is 2.05. The molecule has 0 aliphatic heterocycles. The third-order valence-corrected chi connectivity index (χ3v) is 3.39. The van der Waals surface area contributed by atoms with Crippen LogP contribution in [0.1, 0.15) is 18.1 Å².